The van der Waals surface area contributed by atoms with Crippen molar-refractivity contribution in [3.05, 3.63) is 24.2 Å². The summed E-state index contributed by atoms with van der Waals surface area (Å²) in [7, 11) is -3.37. The van der Waals surface area contributed by atoms with Gasteiger partial charge in [0.2, 0.25) is 15.9 Å². The molecule has 7 nitrogen and oxygen atoms in total. The lowest BCUT2D eigenvalue weighted by atomic mass is 10.1. The second-order valence-corrected chi connectivity index (χ2v) is 7.18. The number of rotatable bonds is 8. The Hall–Kier alpha value is -1.67. The SMILES string of the molecule is C[C@H](CC(=O)c1ccco1)NC(=O)CNS(=O)(=O)C1CC1. The van der Waals surface area contributed by atoms with E-state index in [4.69, 9.17) is 4.42 Å². The van der Waals surface area contributed by atoms with Crippen molar-refractivity contribution in [2.75, 3.05) is 6.54 Å². The Labute approximate surface area is 123 Å². The third kappa shape index (κ3) is 4.68. The number of furan rings is 1. The van der Waals surface area contributed by atoms with E-state index in [-0.39, 0.29) is 29.8 Å². The third-order valence-electron chi connectivity index (χ3n) is 3.09. The molecule has 0 aliphatic heterocycles. The van der Waals surface area contributed by atoms with Crippen LogP contribution in [-0.2, 0) is 14.8 Å². The van der Waals surface area contributed by atoms with Gasteiger partial charge in [0, 0.05) is 12.5 Å². The predicted molar refractivity (Wildman–Crippen MR) is 75.2 cm³/mol. The Morgan fingerprint density at radius 2 is 2.14 bits per heavy atom. The van der Waals surface area contributed by atoms with E-state index < -0.39 is 22.0 Å². The molecule has 1 aliphatic carbocycles. The molecular weight excluding hydrogens is 296 g/mol. The van der Waals surface area contributed by atoms with Crippen LogP contribution < -0.4 is 10.0 Å². The van der Waals surface area contributed by atoms with Crippen LogP contribution in [0, 0.1) is 0 Å². The molecule has 0 radical (unpaired) electrons. The van der Waals surface area contributed by atoms with Crippen LogP contribution in [0.3, 0.4) is 0 Å². The third-order valence-corrected chi connectivity index (χ3v) is 4.99. The van der Waals surface area contributed by atoms with E-state index >= 15 is 0 Å². The number of hydrogen-bond donors (Lipinski definition) is 2. The fourth-order valence-electron chi connectivity index (χ4n) is 1.86. The molecule has 1 aliphatic rings. The van der Waals surface area contributed by atoms with Gasteiger partial charge in [0.05, 0.1) is 18.1 Å². The van der Waals surface area contributed by atoms with Crippen molar-refractivity contribution in [1.29, 1.82) is 0 Å². The lowest BCUT2D eigenvalue weighted by Gasteiger charge is -2.13. The first-order valence-corrected chi connectivity index (χ1v) is 8.27. The molecular formula is C13H18N2O5S. The van der Waals surface area contributed by atoms with Gasteiger partial charge in [0.25, 0.3) is 0 Å². The highest BCUT2D eigenvalue weighted by Gasteiger charge is 2.35. The first-order chi connectivity index (χ1) is 9.88. The number of nitrogens with one attached hydrogen (secondary N) is 2. The summed E-state index contributed by atoms with van der Waals surface area (Å²) >= 11 is 0. The quantitative estimate of drug-likeness (QED) is 0.677. The van der Waals surface area contributed by atoms with E-state index in [9.17, 15) is 18.0 Å². The summed E-state index contributed by atoms with van der Waals surface area (Å²) in [6.45, 7) is 1.37. The van der Waals surface area contributed by atoms with Crippen molar-refractivity contribution >= 4 is 21.7 Å². The molecule has 0 bridgehead atoms. The smallest absolute Gasteiger partial charge is 0.235 e. The summed E-state index contributed by atoms with van der Waals surface area (Å²) in [4.78, 5) is 23.4. The monoisotopic (exact) mass is 314 g/mol. The predicted octanol–water partition coefficient (Wildman–Crippen LogP) is 0.439. The van der Waals surface area contributed by atoms with Crippen molar-refractivity contribution in [1.82, 2.24) is 10.0 Å². The van der Waals surface area contributed by atoms with Gasteiger partial charge >= 0.3 is 0 Å². The summed E-state index contributed by atoms with van der Waals surface area (Å²) in [6.07, 6.45) is 2.79. The van der Waals surface area contributed by atoms with E-state index in [2.05, 4.69) is 10.0 Å². The molecule has 2 rings (SSSR count). The molecule has 8 heteroatoms. The molecule has 2 N–H and O–H groups in total. The maximum atomic E-state index is 11.8. The molecule has 1 atom stereocenters. The van der Waals surface area contributed by atoms with E-state index in [1.807, 2.05) is 0 Å². The lowest BCUT2D eigenvalue weighted by molar-refractivity contribution is -0.120. The number of amides is 1. The van der Waals surface area contributed by atoms with Gasteiger partial charge in [-0.15, -0.1) is 0 Å². The zero-order valence-corrected chi connectivity index (χ0v) is 12.5. The van der Waals surface area contributed by atoms with Crippen LogP contribution in [-0.4, -0.2) is 37.9 Å². The number of ketones is 1. The molecule has 1 amide bonds. The van der Waals surface area contributed by atoms with Crippen molar-refractivity contribution in [3.63, 3.8) is 0 Å². The highest BCUT2D eigenvalue weighted by Crippen LogP contribution is 2.27. The van der Waals surface area contributed by atoms with Gasteiger partial charge in [0.15, 0.2) is 11.5 Å². The van der Waals surface area contributed by atoms with Crippen LogP contribution in [0.2, 0.25) is 0 Å². The van der Waals surface area contributed by atoms with Gasteiger partial charge in [0.1, 0.15) is 0 Å². The molecule has 1 saturated carbocycles. The van der Waals surface area contributed by atoms with Crippen molar-refractivity contribution in [2.24, 2.45) is 0 Å². The molecule has 1 aromatic rings. The van der Waals surface area contributed by atoms with Crippen LogP contribution in [0.1, 0.15) is 36.7 Å². The maximum absolute atomic E-state index is 11.8. The molecule has 0 aromatic carbocycles. The molecule has 1 aromatic heterocycles. The second-order valence-electron chi connectivity index (χ2n) is 5.14. The average Bonchev–Trinajstić information content (AvgIpc) is 3.13. The summed E-state index contributed by atoms with van der Waals surface area (Å²) in [6, 6.07) is 2.77. The van der Waals surface area contributed by atoms with E-state index in [1.165, 1.54) is 6.26 Å². The zero-order valence-electron chi connectivity index (χ0n) is 11.7. The number of carbonyl (C=O) groups is 2. The highest BCUT2D eigenvalue weighted by molar-refractivity contribution is 7.90. The Morgan fingerprint density at radius 1 is 1.43 bits per heavy atom. The van der Waals surface area contributed by atoms with E-state index in [0.717, 1.165) is 0 Å². The van der Waals surface area contributed by atoms with Crippen LogP contribution in [0.4, 0.5) is 0 Å². The van der Waals surface area contributed by atoms with E-state index in [0.29, 0.717) is 12.8 Å². The molecule has 0 unspecified atom stereocenters. The molecule has 0 saturated heterocycles. The van der Waals surface area contributed by atoms with Crippen molar-refractivity contribution in [3.8, 4) is 0 Å². The summed E-state index contributed by atoms with van der Waals surface area (Å²) in [5.41, 5.74) is 0. The Kier molecular flexibility index (Phi) is 4.79. The van der Waals surface area contributed by atoms with Crippen LogP contribution in [0.15, 0.2) is 22.8 Å². The van der Waals surface area contributed by atoms with Gasteiger partial charge in [-0.05, 0) is 31.9 Å². The number of sulfonamides is 1. The fraction of sp³-hybridized carbons (Fsp3) is 0.538. The molecule has 1 fully saturated rings. The minimum atomic E-state index is -3.37. The standard InChI is InChI=1S/C13H18N2O5S/c1-9(7-11(16)12-3-2-6-20-12)15-13(17)8-14-21(18,19)10-4-5-10/h2-3,6,9-10,14H,4-5,7-8H2,1H3,(H,15,17)/t9-/m1/s1. The van der Waals surface area contributed by atoms with Gasteiger partial charge in [-0.2, -0.15) is 0 Å². The maximum Gasteiger partial charge on any atom is 0.235 e. The average molecular weight is 314 g/mol. The summed E-state index contributed by atoms with van der Waals surface area (Å²) in [5.74, 6) is -0.434. The zero-order chi connectivity index (χ0) is 15.5. The Morgan fingerprint density at radius 3 is 2.71 bits per heavy atom. The topological polar surface area (TPSA) is 105 Å². The Bertz CT molecular complexity index is 605. The van der Waals surface area contributed by atoms with Gasteiger partial charge in [-0.1, -0.05) is 0 Å². The summed E-state index contributed by atoms with van der Waals surface area (Å²) in [5, 5.41) is 2.22. The molecule has 1 heterocycles. The highest BCUT2D eigenvalue weighted by atomic mass is 32.2. The van der Waals surface area contributed by atoms with Gasteiger partial charge < -0.3 is 9.73 Å². The number of carbonyl (C=O) groups excluding carboxylic acids is 2. The van der Waals surface area contributed by atoms with Crippen LogP contribution >= 0.6 is 0 Å². The minimum Gasteiger partial charge on any atom is -0.461 e. The number of hydrogen-bond acceptors (Lipinski definition) is 5. The molecule has 116 valence electrons. The van der Waals surface area contributed by atoms with Gasteiger partial charge in [-0.25, -0.2) is 13.1 Å². The normalized spacial score (nSPS) is 16.4. The first-order valence-electron chi connectivity index (χ1n) is 6.73. The Balaban J connectivity index is 1.73. The molecule has 21 heavy (non-hydrogen) atoms. The van der Waals surface area contributed by atoms with Gasteiger partial charge in [-0.3, -0.25) is 9.59 Å². The fourth-order valence-corrected chi connectivity index (χ4v) is 3.18. The number of Topliss-reactive ketones (excluding diaryl/α,β-unsaturated/α-hetero) is 1. The first kappa shape index (κ1) is 15.7. The van der Waals surface area contributed by atoms with Crippen molar-refractivity contribution in [2.45, 2.75) is 37.5 Å². The minimum absolute atomic E-state index is 0.0919. The van der Waals surface area contributed by atoms with Crippen molar-refractivity contribution < 1.29 is 22.4 Å². The second kappa shape index (κ2) is 6.40. The lowest BCUT2D eigenvalue weighted by Crippen LogP contribution is -2.42. The van der Waals surface area contributed by atoms with E-state index in [1.54, 1.807) is 19.1 Å². The van der Waals surface area contributed by atoms with Crippen LogP contribution in [0.5, 0.6) is 0 Å². The molecule has 0 spiro atoms. The largest absolute Gasteiger partial charge is 0.461 e. The summed E-state index contributed by atoms with van der Waals surface area (Å²) < 4.78 is 30.4. The van der Waals surface area contributed by atoms with Crippen LogP contribution in [0.25, 0.3) is 0 Å².